The first-order valence-corrected chi connectivity index (χ1v) is 11.3. The van der Waals surface area contributed by atoms with E-state index in [9.17, 15) is 14.4 Å². The van der Waals surface area contributed by atoms with Crippen LogP contribution in [-0.4, -0.2) is 48.3 Å². The maximum atomic E-state index is 12.9. The van der Waals surface area contributed by atoms with E-state index in [4.69, 9.17) is 0 Å². The molecule has 7 heteroatoms. The highest BCUT2D eigenvalue weighted by molar-refractivity contribution is 6.05. The number of hydrogen-bond acceptors (Lipinski definition) is 5. The lowest BCUT2D eigenvalue weighted by Gasteiger charge is -2.29. The second kappa shape index (κ2) is 9.71. The van der Waals surface area contributed by atoms with Gasteiger partial charge in [-0.15, -0.1) is 0 Å². The Labute approximate surface area is 178 Å². The van der Waals surface area contributed by atoms with Crippen molar-refractivity contribution in [3.8, 4) is 0 Å². The summed E-state index contributed by atoms with van der Waals surface area (Å²) in [6, 6.07) is 5.25. The molecule has 0 spiro atoms. The third-order valence-corrected chi connectivity index (χ3v) is 6.61. The quantitative estimate of drug-likeness (QED) is 0.447. The Kier molecular flexibility index (Phi) is 6.79. The lowest BCUT2D eigenvalue weighted by atomic mass is 9.94. The molecule has 2 atom stereocenters. The van der Waals surface area contributed by atoms with Crippen LogP contribution in [0.3, 0.4) is 0 Å². The Balaban J connectivity index is 1.27. The first-order chi connectivity index (χ1) is 14.6. The largest absolute Gasteiger partial charge is 0.322 e. The number of benzene rings is 1. The minimum Gasteiger partial charge on any atom is -0.322 e. The summed E-state index contributed by atoms with van der Waals surface area (Å²) in [5.74, 6) is 0.105. The highest BCUT2D eigenvalue weighted by Gasteiger charge is 2.39. The van der Waals surface area contributed by atoms with Gasteiger partial charge in [0, 0.05) is 25.1 Å². The molecule has 0 aliphatic carbocycles. The van der Waals surface area contributed by atoms with Gasteiger partial charge in [0.15, 0.2) is 0 Å². The molecule has 4 rings (SSSR count). The van der Waals surface area contributed by atoms with E-state index < -0.39 is 6.04 Å². The zero-order valence-corrected chi connectivity index (χ0v) is 17.5. The van der Waals surface area contributed by atoms with E-state index in [1.807, 2.05) is 12.1 Å². The molecule has 162 valence electrons. The van der Waals surface area contributed by atoms with Crippen molar-refractivity contribution < 1.29 is 14.4 Å². The Morgan fingerprint density at radius 2 is 2.03 bits per heavy atom. The van der Waals surface area contributed by atoms with Gasteiger partial charge in [-0.3, -0.25) is 19.7 Å². The minimum atomic E-state index is -0.558. The molecule has 3 N–H and O–H groups in total. The number of carbonyl (C=O) groups is 3. The molecule has 3 aliphatic rings. The van der Waals surface area contributed by atoms with Gasteiger partial charge in [-0.05, 0) is 74.8 Å². The fourth-order valence-corrected chi connectivity index (χ4v) is 4.89. The standard InChI is InChI=1S/C23H32N4O3/c28-21-10-9-20(22(29)26-21)27-15-19-17(7-3-8-18(19)23(27)30)14-25-11-2-1-5-16-6-4-12-24-13-16/h3,7-8,16,20,24-25H,1-2,4-6,9-15H2,(H,26,28,29). The fraction of sp³-hybridized carbons (Fsp3) is 0.609. The molecule has 7 nitrogen and oxygen atoms in total. The van der Waals surface area contributed by atoms with Gasteiger partial charge < -0.3 is 15.5 Å². The molecule has 3 amide bonds. The molecule has 2 unspecified atom stereocenters. The molecule has 0 radical (unpaired) electrons. The number of imide groups is 1. The lowest BCUT2D eigenvalue weighted by molar-refractivity contribution is -0.136. The number of nitrogens with zero attached hydrogens (tertiary/aromatic N) is 1. The molecular formula is C23H32N4O3. The zero-order chi connectivity index (χ0) is 20.9. The predicted octanol–water partition coefficient (Wildman–Crippen LogP) is 1.71. The molecule has 1 aromatic carbocycles. The summed E-state index contributed by atoms with van der Waals surface area (Å²) in [5, 5.41) is 9.36. The molecule has 0 bridgehead atoms. The average molecular weight is 413 g/mol. The van der Waals surface area contributed by atoms with Crippen LogP contribution in [0.2, 0.25) is 0 Å². The number of piperidine rings is 2. The first kappa shape index (κ1) is 21.0. The summed E-state index contributed by atoms with van der Waals surface area (Å²) in [5.41, 5.74) is 2.81. The smallest absolute Gasteiger partial charge is 0.255 e. The number of fused-ring (bicyclic) bond motifs is 1. The van der Waals surface area contributed by atoms with Crippen LogP contribution in [0.15, 0.2) is 18.2 Å². The maximum absolute atomic E-state index is 12.9. The Morgan fingerprint density at radius 3 is 2.83 bits per heavy atom. The van der Waals surface area contributed by atoms with E-state index in [2.05, 4.69) is 22.0 Å². The monoisotopic (exact) mass is 412 g/mol. The van der Waals surface area contributed by atoms with Gasteiger partial charge in [0.25, 0.3) is 5.91 Å². The molecule has 30 heavy (non-hydrogen) atoms. The first-order valence-electron chi connectivity index (χ1n) is 11.3. The van der Waals surface area contributed by atoms with E-state index in [0.29, 0.717) is 18.5 Å². The van der Waals surface area contributed by atoms with Gasteiger partial charge in [0.2, 0.25) is 11.8 Å². The fourth-order valence-electron chi connectivity index (χ4n) is 4.89. The zero-order valence-electron chi connectivity index (χ0n) is 17.5. The van der Waals surface area contributed by atoms with Crippen LogP contribution in [0.25, 0.3) is 0 Å². The molecule has 0 saturated carbocycles. The van der Waals surface area contributed by atoms with Crippen LogP contribution in [0.4, 0.5) is 0 Å². The second-order valence-corrected chi connectivity index (χ2v) is 8.73. The summed E-state index contributed by atoms with van der Waals surface area (Å²) < 4.78 is 0. The van der Waals surface area contributed by atoms with Gasteiger partial charge in [-0.2, -0.15) is 0 Å². The van der Waals surface area contributed by atoms with E-state index in [0.717, 1.165) is 36.6 Å². The minimum absolute atomic E-state index is 0.109. The number of unbranched alkanes of at least 4 members (excludes halogenated alkanes) is 1. The molecule has 2 saturated heterocycles. The topological polar surface area (TPSA) is 90.5 Å². The van der Waals surface area contributed by atoms with Crippen molar-refractivity contribution in [2.24, 2.45) is 5.92 Å². The Bertz CT molecular complexity index is 804. The summed E-state index contributed by atoms with van der Waals surface area (Å²) in [4.78, 5) is 38.1. The van der Waals surface area contributed by atoms with E-state index in [1.165, 1.54) is 38.8 Å². The van der Waals surface area contributed by atoms with Gasteiger partial charge in [0.1, 0.15) is 6.04 Å². The van der Waals surface area contributed by atoms with Crippen LogP contribution < -0.4 is 16.0 Å². The number of rotatable bonds is 8. The molecule has 3 heterocycles. The molecule has 1 aromatic rings. The van der Waals surface area contributed by atoms with Crippen LogP contribution in [-0.2, 0) is 22.7 Å². The summed E-state index contributed by atoms with van der Waals surface area (Å²) >= 11 is 0. The van der Waals surface area contributed by atoms with E-state index >= 15 is 0 Å². The SMILES string of the molecule is O=C1CCC(N2Cc3c(CNCCCCC4CCCNC4)cccc3C2=O)C(=O)N1. The number of amides is 3. The highest BCUT2D eigenvalue weighted by atomic mass is 16.2. The van der Waals surface area contributed by atoms with Crippen LogP contribution in [0.1, 0.15) is 66.4 Å². The van der Waals surface area contributed by atoms with Crippen LogP contribution in [0, 0.1) is 5.92 Å². The number of carbonyl (C=O) groups excluding carboxylic acids is 3. The summed E-state index contributed by atoms with van der Waals surface area (Å²) in [6.45, 7) is 4.47. The van der Waals surface area contributed by atoms with Crippen molar-refractivity contribution in [1.29, 1.82) is 0 Å². The molecule has 0 aromatic heterocycles. The van der Waals surface area contributed by atoms with Crippen molar-refractivity contribution in [2.45, 2.75) is 64.1 Å². The second-order valence-electron chi connectivity index (χ2n) is 8.73. The van der Waals surface area contributed by atoms with E-state index in [1.54, 1.807) is 4.90 Å². The van der Waals surface area contributed by atoms with Crippen molar-refractivity contribution in [2.75, 3.05) is 19.6 Å². The van der Waals surface area contributed by atoms with Crippen molar-refractivity contribution in [3.05, 3.63) is 34.9 Å². The van der Waals surface area contributed by atoms with Crippen LogP contribution in [0.5, 0.6) is 0 Å². The Morgan fingerprint density at radius 1 is 1.13 bits per heavy atom. The predicted molar refractivity (Wildman–Crippen MR) is 114 cm³/mol. The maximum Gasteiger partial charge on any atom is 0.255 e. The number of hydrogen-bond donors (Lipinski definition) is 3. The molecule has 2 fully saturated rings. The van der Waals surface area contributed by atoms with Crippen molar-refractivity contribution in [1.82, 2.24) is 20.9 Å². The van der Waals surface area contributed by atoms with Crippen molar-refractivity contribution in [3.63, 3.8) is 0 Å². The normalized spacial score (nSPS) is 24.1. The summed E-state index contributed by atoms with van der Waals surface area (Å²) in [7, 11) is 0. The van der Waals surface area contributed by atoms with Gasteiger partial charge in [-0.1, -0.05) is 18.6 Å². The lowest BCUT2D eigenvalue weighted by Crippen LogP contribution is -2.52. The highest BCUT2D eigenvalue weighted by Crippen LogP contribution is 2.29. The van der Waals surface area contributed by atoms with Gasteiger partial charge in [0.05, 0.1) is 0 Å². The van der Waals surface area contributed by atoms with Gasteiger partial charge >= 0.3 is 0 Å². The van der Waals surface area contributed by atoms with E-state index in [-0.39, 0.29) is 24.1 Å². The third-order valence-electron chi connectivity index (χ3n) is 6.61. The molecular weight excluding hydrogens is 380 g/mol. The van der Waals surface area contributed by atoms with Crippen LogP contribution >= 0.6 is 0 Å². The van der Waals surface area contributed by atoms with Gasteiger partial charge in [-0.25, -0.2) is 0 Å². The van der Waals surface area contributed by atoms with Crippen molar-refractivity contribution >= 4 is 17.7 Å². The molecule has 3 aliphatic heterocycles. The third kappa shape index (κ3) is 4.73. The summed E-state index contributed by atoms with van der Waals surface area (Å²) in [6.07, 6.45) is 7.03. The average Bonchev–Trinajstić information content (AvgIpc) is 3.08. The Hall–Kier alpha value is -2.25. The number of nitrogens with one attached hydrogen (secondary N) is 3.